The van der Waals surface area contributed by atoms with Crippen LogP contribution in [0.3, 0.4) is 0 Å². The van der Waals surface area contributed by atoms with Gasteiger partial charge in [0.15, 0.2) is 0 Å². The zero-order valence-electron chi connectivity index (χ0n) is 49.3. The molecule has 5 atom stereocenters. The van der Waals surface area contributed by atoms with Crippen LogP contribution >= 0.6 is 0 Å². The van der Waals surface area contributed by atoms with Crippen molar-refractivity contribution >= 4 is 75.8 Å². The first kappa shape index (κ1) is 61.7. The first-order valence-electron chi connectivity index (χ1n) is 28.3. The van der Waals surface area contributed by atoms with Crippen molar-refractivity contribution in [2.24, 2.45) is 29.6 Å². The molecule has 2 fully saturated rings. The number of amides is 2. The van der Waals surface area contributed by atoms with Crippen LogP contribution in [0.2, 0.25) is 0 Å². The van der Waals surface area contributed by atoms with E-state index in [2.05, 4.69) is 102 Å². The van der Waals surface area contributed by atoms with Crippen molar-refractivity contribution < 1.29 is 47.7 Å². The lowest BCUT2D eigenvalue weighted by Gasteiger charge is -2.42. The Morgan fingerprint density at radius 2 is 1.42 bits per heavy atom. The number of aryl methyl sites for hydroxylation is 3. The predicted molar refractivity (Wildman–Crippen MR) is 311 cm³/mol. The number of hydrogen-bond donors (Lipinski definition) is 4. The second-order valence-electron chi connectivity index (χ2n) is 23.2. The highest BCUT2D eigenvalue weighted by Gasteiger charge is 2.56. The summed E-state index contributed by atoms with van der Waals surface area (Å²) in [6, 6.07) is 8.48. The van der Waals surface area contributed by atoms with Crippen molar-refractivity contribution in [3.05, 3.63) is 81.9 Å². The molecular weight excluding hydrogens is 1000 g/mol. The summed E-state index contributed by atoms with van der Waals surface area (Å²) in [6.07, 6.45) is 15.8. The minimum Gasteiger partial charge on any atom is -0.471 e. The van der Waals surface area contributed by atoms with Crippen LogP contribution in [0, 0.1) is 43.4 Å². The molecule has 3 aromatic heterocycles. The Labute approximate surface area is 467 Å². The molecule has 5 unspecified atom stereocenters. The topological polar surface area (TPSA) is 213 Å². The van der Waals surface area contributed by atoms with Crippen molar-refractivity contribution in [2.45, 2.75) is 163 Å². The summed E-state index contributed by atoms with van der Waals surface area (Å²) < 4.78 is 25.4. The van der Waals surface area contributed by atoms with Gasteiger partial charge in [0.25, 0.3) is 12.9 Å². The van der Waals surface area contributed by atoms with Crippen LogP contribution < -0.4 is 10.6 Å². The number of rotatable bonds is 18. The molecule has 8 bridgehead atoms. The number of nitrogens with one attached hydrogen (secondary N) is 4. The fraction of sp³-hybridized carbons (Fsp3) is 0.571. The highest BCUT2D eigenvalue weighted by molar-refractivity contribution is 5.96. The zero-order chi connectivity index (χ0) is 57.8. The molecule has 0 aromatic carbocycles. The van der Waals surface area contributed by atoms with Gasteiger partial charge in [0.05, 0.1) is 73.6 Å². The van der Waals surface area contributed by atoms with E-state index in [9.17, 15) is 14.4 Å². The van der Waals surface area contributed by atoms with Gasteiger partial charge in [0.2, 0.25) is 5.91 Å². The molecule has 0 spiro atoms. The molecule has 2 aliphatic heterocycles. The third-order valence-electron chi connectivity index (χ3n) is 16.8. The van der Waals surface area contributed by atoms with Gasteiger partial charge in [-0.2, -0.15) is 0 Å². The molecule has 430 valence electrons. The third-order valence-corrected chi connectivity index (χ3v) is 16.8. The Kier molecular flexibility index (Phi) is 21.1. The molecule has 0 radical (unpaired) electrons. The molecule has 5 aliphatic rings. The molecule has 3 aromatic rings. The number of esters is 1. The lowest BCUT2D eigenvalue weighted by Crippen LogP contribution is -2.53. The summed E-state index contributed by atoms with van der Waals surface area (Å²) >= 11 is 0. The van der Waals surface area contributed by atoms with Gasteiger partial charge < -0.3 is 44.3 Å². The number of aromatic nitrogens is 4. The second-order valence-corrected chi connectivity index (χ2v) is 23.2. The molecule has 2 amide bonds. The Morgan fingerprint density at radius 3 is 2.03 bits per heavy atom. The summed E-state index contributed by atoms with van der Waals surface area (Å²) in [5.74, 6) is -0.448. The maximum atomic E-state index is 14.8. The number of carbonyl (C=O) groups excluding carboxylic acids is 5. The molecule has 16 heteroatoms. The number of ether oxygens (including phenoxy) is 5. The predicted octanol–water partition coefficient (Wildman–Crippen LogP) is 12.0. The highest BCUT2D eigenvalue weighted by Crippen LogP contribution is 2.55. The Hall–Kier alpha value is -6.55. The molecular formula is C63H88N6O10. The lowest BCUT2D eigenvalue weighted by molar-refractivity contribution is -0.153. The van der Waals surface area contributed by atoms with Crippen molar-refractivity contribution in [1.29, 1.82) is 0 Å². The van der Waals surface area contributed by atoms with Crippen LogP contribution in [0.25, 0.3) is 44.9 Å². The van der Waals surface area contributed by atoms with E-state index in [1.165, 1.54) is 76.6 Å². The number of allylic oxidation sites excluding steroid dienone is 4. The number of fused-ring (bicyclic) bond motifs is 12. The quantitative estimate of drug-likeness (QED) is 0.0532. The first-order chi connectivity index (χ1) is 37.7. The number of H-pyrrole nitrogens is 2. The van der Waals surface area contributed by atoms with Crippen molar-refractivity contribution in [3.8, 4) is 0 Å². The molecule has 4 N–H and O–H groups in total. The van der Waals surface area contributed by atoms with E-state index < -0.39 is 40.5 Å². The number of nitrogens with zero attached hydrogens (tertiary/aromatic N) is 2. The van der Waals surface area contributed by atoms with E-state index in [-0.39, 0.29) is 12.5 Å². The van der Waals surface area contributed by atoms with E-state index in [1.54, 1.807) is 0 Å². The number of carbonyl (C=O) groups is 5. The van der Waals surface area contributed by atoms with Gasteiger partial charge in [-0.15, -0.1) is 0 Å². The monoisotopic (exact) mass is 1090 g/mol. The molecule has 0 saturated heterocycles. The average Bonchev–Trinajstić information content (AvgIpc) is 3.56. The molecule has 16 nitrogen and oxygen atoms in total. The van der Waals surface area contributed by atoms with E-state index in [0.717, 1.165) is 87.1 Å². The Balaban J connectivity index is 0.00000118. The van der Waals surface area contributed by atoms with Crippen LogP contribution in [0.5, 0.6) is 0 Å². The highest BCUT2D eigenvalue weighted by atomic mass is 16.6. The summed E-state index contributed by atoms with van der Waals surface area (Å²) in [5, 5.41) is 6.22. The third kappa shape index (κ3) is 14.3. The summed E-state index contributed by atoms with van der Waals surface area (Å²) in [6.45, 7) is 26.7. The maximum Gasteiger partial charge on any atom is 0.407 e. The van der Waals surface area contributed by atoms with Crippen LogP contribution in [-0.4, -0.2) is 103 Å². The zero-order valence-corrected chi connectivity index (χ0v) is 49.3. The van der Waals surface area contributed by atoms with Gasteiger partial charge in [-0.1, -0.05) is 71.1 Å². The summed E-state index contributed by atoms with van der Waals surface area (Å²) in [7, 11) is 4.02. The minimum atomic E-state index is -1.04. The first-order valence-corrected chi connectivity index (χ1v) is 28.3. The molecule has 8 rings (SSSR count). The minimum absolute atomic E-state index is 0.240. The fourth-order valence-corrected chi connectivity index (χ4v) is 12.3. The van der Waals surface area contributed by atoms with E-state index in [4.69, 9.17) is 33.8 Å². The number of aromatic amines is 2. The lowest BCUT2D eigenvalue weighted by atomic mass is 9.60. The number of hydrogen-bond acceptors (Lipinski definition) is 12. The SMILES string of the molecule is C=Cc1c(C)c2cc3nc(cc4[nH]c(cc5nc(cc1[nH]2)C(C)=C5CCC)c(CCC)c4C)C1(C)C3=CCC(C(=O)NC(C)(C)CCOC(C)(C)CNC(=O)OCC2C3CCCCCCC32)C1C(=O)OC.COC=O.COC=O. The van der Waals surface area contributed by atoms with E-state index in [0.29, 0.717) is 62.4 Å². The Morgan fingerprint density at radius 1 is 0.810 bits per heavy atom. The smallest absolute Gasteiger partial charge is 0.407 e. The Bertz CT molecular complexity index is 2920. The normalized spacial score (nSPS) is 21.3. The van der Waals surface area contributed by atoms with E-state index >= 15 is 0 Å². The standard InChI is InChI=1S/C59H80N6O6.2C2H4O2/c1-13-20-38-35(5)45-28-48-37(15-3)34(4)46(61-48)29-51-44-25-24-42(53(55(67)69-12)59(44,11)52(64-51)31-47-36(6)39(21-14-2)50(63-47)30-49(38)62-45)54(66)65-57(7,8)26-27-71-58(9,10)33-60-56(68)70-32-43-40-22-18-16-17-19-23-41(40)43;2*1-4-2-3/h15,25,28-31,40-43,53,61,63H,3,13-14,16-24,26-27,32-33H2,1-2,4-12H3,(H,60,68)(H,65,66);2*2H,1H3. The molecule has 2 saturated carbocycles. The average molecular weight is 1090 g/mol. The van der Waals surface area contributed by atoms with Crippen molar-refractivity contribution in [1.82, 2.24) is 30.6 Å². The van der Waals surface area contributed by atoms with Gasteiger partial charge in [-0.25, -0.2) is 9.78 Å². The molecule has 3 aliphatic carbocycles. The van der Waals surface area contributed by atoms with Gasteiger partial charge in [0.1, 0.15) is 0 Å². The largest absolute Gasteiger partial charge is 0.471 e. The second kappa shape index (κ2) is 27.1. The van der Waals surface area contributed by atoms with Crippen LogP contribution in [0.15, 0.2) is 36.9 Å². The van der Waals surface area contributed by atoms with Crippen LogP contribution in [0.4, 0.5) is 4.79 Å². The van der Waals surface area contributed by atoms with Crippen molar-refractivity contribution in [3.63, 3.8) is 0 Å². The summed E-state index contributed by atoms with van der Waals surface area (Å²) in [4.78, 5) is 78.0. The molecule has 5 heterocycles. The van der Waals surface area contributed by atoms with Gasteiger partial charge in [-0.05, 0) is 169 Å². The maximum absolute atomic E-state index is 14.8. The van der Waals surface area contributed by atoms with Gasteiger partial charge >= 0.3 is 12.1 Å². The van der Waals surface area contributed by atoms with Crippen molar-refractivity contribution in [2.75, 3.05) is 41.1 Å². The van der Waals surface area contributed by atoms with Crippen LogP contribution in [0.1, 0.15) is 171 Å². The van der Waals surface area contributed by atoms with Gasteiger partial charge in [0, 0.05) is 46.3 Å². The fourth-order valence-electron chi connectivity index (χ4n) is 12.3. The molecule has 79 heavy (non-hydrogen) atoms. The van der Waals surface area contributed by atoms with Crippen LogP contribution in [-0.2, 0) is 54.7 Å². The summed E-state index contributed by atoms with van der Waals surface area (Å²) in [5.41, 5.74) is 12.2. The van der Waals surface area contributed by atoms with Gasteiger partial charge in [-0.3, -0.25) is 24.2 Å². The number of alkyl carbamates (subject to hydrolysis) is 1. The number of methoxy groups -OCH3 is 3. The van der Waals surface area contributed by atoms with E-state index in [1.807, 2.05) is 40.7 Å².